The maximum absolute atomic E-state index is 12.1. The molecule has 0 aliphatic heterocycles. The van der Waals surface area contributed by atoms with E-state index < -0.39 is 22.7 Å². The zero-order valence-electron chi connectivity index (χ0n) is 14.9. The first-order valence-corrected chi connectivity index (χ1v) is 8.75. The minimum atomic E-state index is -0.657. The summed E-state index contributed by atoms with van der Waals surface area (Å²) in [5.41, 5.74) is 1.31. The highest BCUT2D eigenvalue weighted by Gasteiger charge is 2.44. The number of nitro groups is 1. The summed E-state index contributed by atoms with van der Waals surface area (Å²) in [6, 6.07) is 11.1. The van der Waals surface area contributed by atoms with Crippen molar-refractivity contribution in [1.82, 2.24) is 5.16 Å². The second kappa shape index (κ2) is 8.11. The van der Waals surface area contributed by atoms with E-state index >= 15 is 0 Å². The van der Waals surface area contributed by atoms with Crippen LogP contribution >= 0.6 is 0 Å². The van der Waals surface area contributed by atoms with Crippen molar-refractivity contribution in [1.29, 1.82) is 0 Å². The van der Waals surface area contributed by atoms with Gasteiger partial charge in [0.1, 0.15) is 18.1 Å². The van der Waals surface area contributed by atoms with Crippen LogP contribution in [0.3, 0.4) is 0 Å². The Morgan fingerprint density at radius 2 is 2.11 bits per heavy atom. The van der Waals surface area contributed by atoms with Crippen LogP contribution in [-0.4, -0.2) is 28.4 Å². The molecule has 1 aliphatic rings. The second-order valence-corrected chi connectivity index (χ2v) is 6.85. The molecule has 1 aromatic heterocycles. The fourth-order valence-corrected chi connectivity index (χ4v) is 3.51. The van der Waals surface area contributed by atoms with E-state index in [1.54, 1.807) is 13.0 Å². The summed E-state index contributed by atoms with van der Waals surface area (Å²) in [7, 11) is 0. The lowest BCUT2D eigenvalue weighted by Gasteiger charge is -2.16. The van der Waals surface area contributed by atoms with Crippen molar-refractivity contribution in [2.75, 3.05) is 6.54 Å². The smallest absolute Gasteiger partial charge is 0.306 e. The first kappa shape index (κ1) is 18.8. The molecule has 0 radical (unpaired) electrons. The Balaban J connectivity index is 1.56. The Kier molecular flexibility index (Phi) is 5.63. The molecule has 142 valence electrons. The van der Waals surface area contributed by atoms with Crippen LogP contribution in [0.15, 0.2) is 40.9 Å². The molecule has 0 saturated heterocycles. The predicted molar refractivity (Wildman–Crippen MR) is 94.0 cm³/mol. The monoisotopic (exact) mass is 372 g/mol. The lowest BCUT2D eigenvalue weighted by molar-refractivity contribution is -0.490. The van der Waals surface area contributed by atoms with Crippen LogP contribution in [0.1, 0.15) is 25.5 Å². The van der Waals surface area contributed by atoms with Gasteiger partial charge < -0.3 is 9.26 Å². The molecule has 27 heavy (non-hydrogen) atoms. The summed E-state index contributed by atoms with van der Waals surface area (Å²) in [6.45, 7) is 1.41. The molecule has 0 bridgehead atoms. The van der Waals surface area contributed by atoms with Gasteiger partial charge in [-0.25, -0.2) is 0 Å². The number of aromatic nitrogens is 1. The number of benzene rings is 1. The molecule has 3 atom stereocenters. The zero-order chi connectivity index (χ0) is 19.4. The number of esters is 1. The molecular formula is C19H20N2O6. The van der Waals surface area contributed by atoms with Gasteiger partial charge in [-0.3, -0.25) is 19.7 Å². The van der Waals surface area contributed by atoms with Crippen molar-refractivity contribution in [3.05, 3.63) is 52.2 Å². The van der Waals surface area contributed by atoms with E-state index in [0.29, 0.717) is 11.5 Å². The second-order valence-electron chi connectivity index (χ2n) is 6.85. The van der Waals surface area contributed by atoms with Gasteiger partial charge in [0.05, 0.1) is 6.42 Å². The van der Waals surface area contributed by atoms with Crippen molar-refractivity contribution < 1.29 is 23.8 Å². The summed E-state index contributed by atoms with van der Waals surface area (Å²) in [5, 5.41) is 14.7. The van der Waals surface area contributed by atoms with Gasteiger partial charge in [0, 0.05) is 34.8 Å². The molecule has 1 aromatic carbocycles. The summed E-state index contributed by atoms with van der Waals surface area (Å²) in [6.07, 6.45) is 0.116. The standard InChI is InChI=1S/C19H20N2O6/c1-12-7-17(22)15(16(12)10-21(24)25)9-19(23)26-11-14-8-18(27-20-14)13-5-3-2-4-6-13/h2-6,8,12,15-16H,7,9-11H2,1H3/t12-,15+,16+/m0/s1. The molecule has 0 amide bonds. The number of hydrogen-bond acceptors (Lipinski definition) is 7. The number of ketones is 1. The highest BCUT2D eigenvalue weighted by Crippen LogP contribution is 2.36. The van der Waals surface area contributed by atoms with Gasteiger partial charge in [-0.2, -0.15) is 0 Å². The van der Waals surface area contributed by atoms with Crippen molar-refractivity contribution in [3.8, 4) is 11.3 Å². The van der Waals surface area contributed by atoms with Gasteiger partial charge in [0.15, 0.2) is 5.76 Å². The molecule has 8 nitrogen and oxygen atoms in total. The Morgan fingerprint density at radius 1 is 1.37 bits per heavy atom. The minimum absolute atomic E-state index is 0.0778. The van der Waals surface area contributed by atoms with Crippen LogP contribution in [0.25, 0.3) is 11.3 Å². The summed E-state index contributed by atoms with van der Waals surface area (Å²) < 4.78 is 10.4. The van der Waals surface area contributed by atoms with E-state index in [1.807, 2.05) is 30.3 Å². The maximum atomic E-state index is 12.1. The van der Waals surface area contributed by atoms with Gasteiger partial charge in [0.25, 0.3) is 0 Å². The largest absolute Gasteiger partial charge is 0.459 e. The van der Waals surface area contributed by atoms with Crippen molar-refractivity contribution in [3.63, 3.8) is 0 Å². The first-order chi connectivity index (χ1) is 12.9. The van der Waals surface area contributed by atoms with Crippen LogP contribution in [0.4, 0.5) is 0 Å². The zero-order valence-corrected chi connectivity index (χ0v) is 14.9. The Morgan fingerprint density at radius 3 is 2.81 bits per heavy atom. The normalized spacial score (nSPS) is 22.0. The number of Topliss-reactive ketones (excluding diaryl/α,β-unsaturated/α-hetero) is 1. The topological polar surface area (TPSA) is 113 Å². The van der Waals surface area contributed by atoms with Crippen LogP contribution in [0.2, 0.25) is 0 Å². The van der Waals surface area contributed by atoms with Crippen LogP contribution in [0.5, 0.6) is 0 Å². The van der Waals surface area contributed by atoms with Crippen molar-refractivity contribution >= 4 is 11.8 Å². The van der Waals surface area contributed by atoms with Crippen LogP contribution in [0, 0.1) is 27.9 Å². The number of carbonyl (C=O) groups excluding carboxylic acids is 2. The summed E-state index contributed by atoms with van der Waals surface area (Å²) >= 11 is 0. The lowest BCUT2D eigenvalue weighted by Crippen LogP contribution is -2.27. The van der Waals surface area contributed by atoms with E-state index in [0.717, 1.165) is 5.56 Å². The molecule has 1 aliphatic carbocycles. The van der Waals surface area contributed by atoms with E-state index in [2.05, 4.69) is 5.16 Å². The Hall–Kier alpha value is -3.03. The van der Waals surface area contributed by atoms with Gasteiger partial charge >= 0.3 is 5.97 Å². The lowest BCUT2D eigenvalue weighted by atomic mass is 9.88. The Labute approximate surface area is 155 Å². The number of carbonyl (C=O) groups is 2. The highest BCUT2D eigenvalue weighted by atomic mass is 16.6. The minimum Gasteiger partial charge on any atom is -0.459 e. The molecule has 2 aromatic rings. The van der Waals surface area contributed by atoms with Crippen LogP contribution in [-0.2, 0) is 20.9 Å². The fourth-order valence-electron chi connectivity index (χ4n) is 3.51. The highest BCUT2D eigenvalue weighted by molar-refractivity contribution is 5.87. The van der Waals surface area contributed by atoms with Gasteiger partial charge in [0.2, 0.25) is 6.54 Å². The number of hydrogen-bond donors (Lipinski definition) is 0. The average Bonchev–Trinajstić information content (AvgIpc) is 3.21. The first-order valence-electron chi connectivity index (χ1n) is 8.75. The van der Waals surface area contributed by atoms with E-state index in [-0.39, 0.29) is 37.7 Å². The average molecular weight is 372 g/mol. The molecule has 1 fully saturated rings. The molecular weight excluding hydrogens is 352 g/mol. The fraction of sp³-hybridized carbons (Fsp3) is 0.421. The van der Waals surface area contributed by atoms with Crippen molar-refractivity contribution in [2.24, 2.45) is 17.8 Å². The van der Waals surface area contributed by atoms with Gasteiger partial charge in [-0.05, 0) is 5.92 Å². The molecule has 3 rings (SSSR count). The maximum Gasteiger partial charge on any atom is 0.306 e. The number of nitrogens with zero attached hydrogens (tertiary/aromatic N) is 2. The van der Waals surface area contributed by atoms with Gasteiger partial charge in [-0.15, -0.1) is 0 Å². The van der Waals surface area contributed by atoms with E-state index in [4.69, 9.17) is 9.26 Å². The van der Waals surface area contributed by atoms with E-state index in [9.17, 15) is 19.7 Å². The quantitative estimate of drug-likeness (QED) is 0.417. The number of rotatable bonds is 7. The predicted octanol–water partition coefficient (Wildman–Crippen LogP) is 2.89. The van der Waals surface area contributed by atoms with E-state index in [1.165, 1.54) is 0 Å². The Bertz CT molecular complexity index is 832. The van der Waals surface area contributed by atoms with Crippen LogP contribution < -0.4 is 0 Å². The third-order valence-corrected chi connectivity index (χ3v) is 4.93. The number of ether oxygens (including phenoxy) is 1. The SMILES string of the molecule is C[C@H]1CC(=O)[C@H](CC(=O)OCc2cc(-c3ccccc3)on2)[C@@H]1C[N+](=O)[O-]. The third kappa shape index (κ3) is 4.58. The summed E-state index contributed by atoms with van der Waals surface area (Å²) in [5.74, 6) is -1.32. The molecule has 0 N–H and O–H groups in total. The molecule has 0 spiro atoms. The van der Waals surface area contributed by atoms with Gasteiger partial charge in [-0.1, -0.05) is 42.4 Å². The molecule has 8 heteroatoms. The molecule has 0 unspecified atom stereocenters. The molecule has 1 heterocycles. The third-order valence-electron chi connectivity index (χ3n) is 4.93. The summed E-state index contributed by atoms with van der Waals surface area (Å²) in [4.78, 5) is 34.6. The molecule has 1 saturated carbocycles. The van der Waals surface area contributed by atoms with Crippen molar-refractivity contribution in [2.45, 2.75) is 26.4 Å².